The molecule has 0 unspecified atom stereocenters. The van der Waals surface area contributed by atoms with Gasteiger partial charge in [-0.2, -0.15) is 0 Å². The number of hydrogen-bond donors (Lipinski definition) is 2. The molecule has 3 fully saturated rings. The highest BCUT2D eigenvalue weighted by Gasteiger charge is 2.69. The first-order chi connectivity index (χ1) is 14.8. The summed E-state index contributed by atoms with van der Waals surface area (Å²) in [4.78, 5) is 28.9. The van der Waals surface area contributed by atoms with E-state index in [1.54, 1.807) is 30.3 Å². The third kappa shape index (κ3) is 4.72. The molecule has 2 N–H and O–H groups in total. The third-order valence-corrected chi connectivity index (χ3v) is 6.27. The minimum absolute atomic E-state index is 0.114. The zero-order valence-corrected chi connectivity index (χ0v) is 18.6. The zero-order valence-electron chi connectivity index (χ0n) is 17.0. The third-order valence-electron chi connectivity index (χ3n) is 5.53. The van der Waals surface area contributed by atoms with Crippen LogP contribution in [0.2, 0.25) is 10.0 Å². The molecule has 0 saturated heterocycles. The van der Waals surface area contributed by atoms with Gasteiger partial charge in [-0.1, -0.05) is 30.1 Å². The maximum Gasteiger partial charge on any atom is 0.258 e. The number of pyridine rings is 1. The van der Waals surface area contributed by atoms with Gasteiger partial charge in [0, 0.05) is 29.4 Å². The monoisotopic (exact) mass is 463 g/mol. The quantitative estimate of drug-likeness (QED) is 0.590. The number of benzene rings is 1. The molecule has 5 rings (SSSR count). The van der Waals surface area contributed by atoms with Crippen molar-refractivity contribution in [1.29, 1.82) is 0 Å². The van der Waals surface area contributed by atoms with E-state index < -0.39 is 0 Å². The number of nitrogens with zero attached hydrogens (tertiary/aromatic N) is 1. The van der Waals surface area contributed by atoms with Crippen LogP contribution < -0.4 is 20.1 Å². The van der Waals surface area contributed by atoms with E-state index in [1.807, 2.05) is 6.92 Å². The lowest BCUT2D eigenvalue weighted by atomic mass is 9.44. The Kier molecular flexibility index (Phi) is 5.99. The van der Waals surface area contributed by atoms with Crippen LogP contribution in [-0.4, -0.2) is 41.1 Å². The predicted octanol–water partition coefficient (Wildman–Crippen LogP) is 3.78. The predicted molar refractivity (Wildman–Crippen MR) is 117 cm³/mol. The maximum atomic E-state index is 12.5. The molecule has 0 atom stereocenters. The molecular weight excluding hydrogens is 441 g/mol. The van der Waals surface area contributed by atoms with E-state index in [4.69, 9.17) is 32.7 Å². The molecule has 164 valence electrons. The van der Waals surface area contributed by atoms with E-state index in [0.29, 0.717) is 53.1 Å². The number of halogens is 2. The van der Waals surface area contributed by atoms with E-state index in [9.17, 15) is 9.59 Å². The first-order valence-corrected chi connectivity index (χ1v) is 10.9. The van der Waals surface area contributed by atoms with Gasteiger partial charge >= 0.3 is 0 Å². The maximum absolute atomic E-state index is 12.5. The van der Waals surface area contributed by atoms with Gasteiger partial charge in [0.25, 0.3) is 11.8 Å². The van der Waals surface area contributed by atoms with Gasteiger partial charge in [0.2, 0.25) is 5.88 Å². The smallest absolute Gasteiger partial charge is 0.258 e. The highest BCUT2D eigenvalue weighted by Crippen LogP contribution is 2.60. The van der Waals surface area contributed by atoms with Gasteiger partial charge in [-0.25, -0.2) is 4.98 Å². The molecule has 3 aliphatic rings. The minimum atomic E-state index is -0.262. The SMILES string of the molecule is CCCOc1ccc(C(=O)NC23CC(NC(=O)COc4ccc(Cl)c(Cl)c4)(C2)C3)cn1. The number of rotatable bonds is 9. The van der Waals surface area contributed by atoms with Crippen LogP contribution in [0.4, 0.5) is 0 Å². The van der Waals surface area contributed by atoms with E-state index in [1.165, 1.54) is 6.20 Å². The molecule has 0 spiro atoms. The molecule has 2 amide bonds. The van der Waals surface area contributed by atoms with Crippen LogP contribution in [0, 0.1) is 0 Å². The largest absolute Gasteiger partial charge is 0.484 e. The van der Waals surface area contributed by atoms with Crippen molar-refractivity contribution >= 4 is 35.0 Å². The summed E-state index contributed by atoms with van der Waals surface area (Å²) in [6, 6.07) is 8.25. The molecule has 1 aromatic carbocycles. The number of ether oxygens (including phenoxy) is 2. The first kappa shape index (κ1) is 21.7. The average Bonchev–Trinajstić information content (AvgIpc) is 2.71. The molecule has 3 saturated carbocycles. The number of carbonyl (C=O) groups is 2. The summed E-state index contributed by atoms with van der Waals surface area (Å²) in [6.07, 6.45) is 4.52. The summed E-state index contributed by atoms with van der Waals surface area (Å²) in [5.41, 5.74) is -0.0324. The molecule has 0 radical (unpaired) electrons. The van der Waals surface area contributed by atoms with Gasteiger partial charge < -0.3 is 20.1 Å². The number of nitrogens with one attached hydrogen (secondary N) is 2. The molecule has 1 aromatic heterocycles. The molecule has 2 aromatic rings. The highest BCUT2D eigenvalue weighted by molar-refractivity contribution is 6.42. The number of hydrogen-bond acceptors (Lipinski definition) is 5. The Hall–Kier alpha value is -2.51. The Morgan fingerprint density at radius 1 is 1.03 bits per heavy atom. The number of aromatic nitrogens is 1. The van der Waals surface area contributed by atoms with E-state index in [2.05, 4.69) is 15.6 Å². The summed E-state index contributed by atoms with van der Waals surface area (Å²) < 4.78 is 10.9. The normalized spacial score (nSPS) is 23.2. The Balaban J connectivity index is 1.21. The lowest BCUT2D eigenvalue weighted by Gasteiger charge is -2.70. The van der Waals surface area contributed by atoms with Crippen LogP contribution >= 0.6 is 23.2 Å². The van der Waals surface area contributed by atoms with Crippen molar-refractivity contribution in [3.63, 3.8) is 0 Å². The average molecular weight is 464 g/mol. The fourth-order valence-electron chi connectivity index (χ4n) is 4.22. The Labute approximate surface area is 190 Å². The zero-order chi connectivity index (χ0) is 22.1. The lowest BCUT2D eigenvalue weighted by Crippen LogP contribution is -2.84. The summed E-state index contributed by atoms with van der Waals surface area (Å²) in [6.45, 7) is 2.49. The van der Waals surface area contributed by atoms with Gasteiger partial charge in [-0.3, -0.25) is 9.59 Å². The number of carbonyl (C=O) groups excluding carboxylic acids is 2. The number of amides is 2. The van der Waals surface area contributed by atoms with Gasteiger partial charge in [-0.05, 0) is 43.9 Å². The van der Waals surface area contributed by atoms with Gasteiger partial charge in [-0.15, -0.1) is 0 Å². The van der Waals surface area contributed by atoms with Crippen LogP contribution in [0.5, 0.6) is 11.6 Å². The Morgan fingerprint density at radius 3 is 2.42 bits per heavy atom. The van der Waals surface area contributed by atoms with Crippen molar-refractivity contribution in [2.75, 3.05) is 13.2 Å². The summed E-state index contributed by atoms with van der Waals surface area (Å²) in [5, 5.41) is 6.89. The highest BCUT2D eigenvalue weighted by atomic mass is 35.5. The first-order valence-electron chi connectivity index (χ1n) is 10.1. The van der Waals surface area contributed by atoms with Gasteiger partial charge in [0.05, 0.1) is 22.2 Å². The van der Waals surface area contributed by atoms with Crippen molar-refractivity contribution in [2.45, 2.75) is 43.7 Å². The minimum Gasteiger partial charge on any atom is -0.484 e. The molecular formula is C22H23Cl2N3O4. The fraction of sp³-hybridized carbons (Fsp3) is 0.409. The second-order valence-electron chi connectivity index (χ2n) is 8.19. The second-order valence-corrected chi connectivity index (χ2v) is 9.01. The summed E-state index contributed by atoms with van der Waals surface area (Å²) >= 11 is 11.8. The summed E-state index contributed by atoms with van der Waals surface area (Å²) in [5.74, 6) is 0.606. The molecule has 0 aliphatic heterocycles. The van der Waals surface area contributed by atoms with Crippen molar-refractivity contribution in [2.24, 2.45) is 0 Å². The van der Waals surface area contributed by atoms with E-state index >= 15 is 0 Å². The molecule has 31 heavy (non-hydrogen) atoms. The van der Waals surface area contributed by atoms with E-state index in [-0.39, 0.29) is 29.5 Å². The van der Waals surface area contributed by atoms with E-state index in [0.717, 1.165) is 6.42 Å². The van der Waals surface area contributed by atoms with Gasteiger partial charge in [0.15, 0.2) is 6.61 Å². The molecule has 9 heteroatoms. The fourth-order valence-corrected chi connectivity index (χ4v) is 4.51. The molecule has 1 heterocycles. The van der Waals surface area contributed by atoms with Crippen molar-refractivity contribution < 1.29 is 19.1 Å². The second kappa shape index (κ2) is 8.55. The van der Waals surface area contributed by atoms with Crippen LogP contribution in [0.25, 0.3) is 0 Å². The summed E-state index contributed by atoms with van der Waals surface area (Å²) in [7, 11) is 0. The lowest BCUT2D eigenvalue weighted by molar-refractivity contribution is -0.141. The van der Waals surface area contributed by atoms with Gasteiger partial charge in [0.1, 0.15) is 5.75 Å². The molecule has 2 bridgehead atoms. The van der Waals surface area contributed by atoms with Crippen molar-refractivity contribution in [3.05, 3.63) is 52.1 Å². The van der Waals surface area contributed by atoms with Crippen LogP contribution in [0.1, 0.15) is 43.0 Å². The van der Waals surface area contributed by atoms with Crippen LogP contribution in [-0.2, 0) is 4.79 Å². The van der Waals surface area contributed by atoms with Crippen LogP contribution in [0.3, 0.4) is 0 Å². The van der Waals surface area contributed by atoms with Crippen LogP contribution in [0.15, 0.2) is 36.5 Å². The topological polar surface area (TPSA) is 89.6 Å². The van der Waals surface area contributed by atoms with Crippen molar-refractivity contribution in [3.8, 4) is 11.6 Å². The molecule has 7 nitrogen and oxygen atoms in total. The Bertz CT molecular complexity index is 977. The standard InChI is InChI=1S/C22H23Cl2N3O4/c1-2-7-30-19-6-3-14(9-25-19)20(29)27-22-11-21(12-22,13-22)26-18(28)10-31-15-4-5-16(23)17(24)8-15/h3-6,8-9H,2,7,10-13H2,1H3,(H,26,28)(H,27,29). The molecule has 3 aliphatic carbocycles. The Morgan fingerprint density at radius 2 is 1.77 bits per heavy atom. The van der Waals surface area contributed by atoms with Crippen molar-refractivity contribution in [1.82, 2.24) is 15.6 Å².